The molecule has 0 spiro atoms. The van der Waals surface area contributed by atoms with Crippen molar-refractivity contribution in [3.05, 3.63) is 0 Å². The first-order valence-electron chi connectivity index (χ1n) is 2.22. The molecule has 0 bridgehead atoms. The van der Waals surface area contributed by atoms with Crippen LogP contribution in [0.5, 0.6) is 0 Å². The van der Waals surface area contributed by atoms with Crippen molar-refractivity contribution in [2.75, 3.05) is 13.2 Å². The van der Waals surface area contributed by atoms with Gasteiger partial charge in [0.1, 0.15) is 0 Å². The normalized spacial score (nSPS) is 7.71. The minimum Gasteiger partial charge on any atom is -0.396 e. The molecule has 0 unspecified atom stereocenters. The average Bonchev–Trinajstić information content (AvgIpc) is 1.61. The van der Waals surface area contributed by atoms with Gasteiger partial charge in [-0.05, 0) is 19.4 Å². The molecule has 3 N–H and O–H groups in total. The largest absolute Gasteiger partial charge is 0.396 e. The molecular formula is C4H11NNiO. The van der Waals surface area contributed by atoms with Gasteiger partial charge in [-0.3, -0.25) is 0 Å². The van der Waals surface area contributed by atoms with Crippen LogP contribution >= 0.6 is 0 Å². The van der Waals surface area contributed by atoms with Gasteiger partial charge in [0.15, 0.2) is 0 Å². The standard InChI is InChI=1S/C4H11NO.Ni/c5-3-1-2-4-6;/h6H,1-5H2;. The number of hydrogen-bond acceptors (Lipinski definition) is 2. The predicted molar refractivity (Wildman–Crippen MR) is 25.4 cm³/mol. The summed E-state index contributed by atoms with van der Waals surface area (Å²) >= 11 is 0. The average molecular weight is 148 g/mol. The maximum absolute atomic E-state index is 8.14. The third-order valence-electron chi connectivity index (χ3n) is 0.612. The van der Waals surface area contributed by atoms with Crippen LogP contribution in [0.1, 0.15) is 12.8 Å². The van der Waals surface area contributed by atoms with Crippen LogP contribution in [0.2, 0.25) is 0 Å². The Kier molecular flexibility index (Phi) is 14.3. The number of unbranched alkanes of at least 4 members (excludes halogenated alkanes) is 1. The molecule has 0 aliphatic rings. The van der Waals surface area contributed by atoms with Gasteiger partial charge in [0.2, 0.25) is 0 Å². The Morgan fingerprint density at radius 2 is 1.86 bits per heavy atom. The van der Waals surface area contributed by atoms with E-state index in [-0.39, 0.29) is 23.1 Å². The summed E-state index contributed by atoms with van der Waals surface area (Å²) in [6.45, 7) is 0.970. The molecule has 3 heteroatoms. The van der Waals surface area contributed by atoms with Crippen LogP contribution in [0, 0.1) is 0 Å². The first kappa shape index (κ1) is 10.4. The summed E-state index contributed by atoms with van der Waals surface area (Å²) in [5.41, 5.74) is 5.10. The van der Waals surface area contributed by atoms with Gasteiger partial charge in [-0.15, -0.1) is 0 Å². The van der Waals surface area contributed by atoms with Crippen molar-refractivity contribution in [1.29, 1.82) is 0 Å². The van der Waals surface area contributed by atoms with E-state index in [1.165, 1.54) is 0 Å². The molecule has 0 saturated carbocycles. The predicted octanol–water partition coefficient (Wildman–Crippen LogP) is -0.285. The molecule has 0 aliphatic heterocycles. The zero-order valence-electron chi connectivity index (χ0n) is 4.17. The van der Waals surface area contributed by atoms with Crippen LogP contribution in [0.4, 0.5) is 0 Å². The zero-order valence-corrected chi connectivity index (χ0v) is 5.16. The Morgan fingerprint density at radius 3 is 2.00 bits per heavy atom. The number of aliphatic hydroxyl groups is 1. The van der Waals surface area contributed by atoms with E-state index in [2.05, 4.69) is 0 Å². The van der Waals surface area contributed by atoms with E-state index in [4.69, 9.17) is 10.8 Å². The third-order valence-corrected chi connectivity index (χ3v) is 0.612. The van der Waals surface area contributed by atoms with Crippen LogP contribution < -0.4 is 5.73 Å². The van der Waals surface area contributed by atoms with E-state index in [9.17, 15) is 0 Å². The minimum atomic E-state index is 0. The second kappa shape index (κ2) is 9.65. The Balaban J connectivity index is 0. The first-order valence-corrected chi connectivity index (χ1v) is 2.22. The maximum Gasteiger partial charge on any atom is 0.0431 e. The summed E-state index contributed by atoms with van der Waals surface area (Å²) in [6, 6.07) is 0. The first-order chi connectivity index (χ1) is 2.91. The quantitative estimate of drug-likeness (QED) is 0.426. The summed E-state index contributed by atoms with van der Waals surface area (Å²) in [6.07, 6.45) is 1.78. The van der Waals surface area contributed by atoms with Gasteiger partial charge in [-0.2, -0.15) is 0 Å². The van der Waals surface area contributed by atoms with Gasteiger partial charge in [-0.1, -0.05) is 0 Å². The molecule has 48 valence electrons. The molecule has 0 aliphatic carbocycles. The Morgan fingerprint density at radius 1 is 1.29 bits per heavy atom. The SMILES string of the molecule is NCCCCO.[Ni]. The molecule has 0 aromatic rings. The van der Waals surface area contributed by atoms with E-state index in [0.29, 0.717) is 6.54 Å². The monoisotopic (exact) mass is 147 g/mol. The number of aliphatic hydroxyl groups excluding tert-OH is 1. The van der Waals surface area contributed by atoms with Crippen LogP contribution in [0.15, 0.2) is 0 Å². The number of nitrogens with two attached hydrogens (primary N) is 1. The van der Waals surface area contributed by atoms with E-state index in [1.807, 2.05) is 0 Å². The van der Waals surface area contributed by atoms with Crippen LogP contribution in [-0.4, -0.2) is 18.3 Å². The number of rotatable bonds is 3. The van der Waals surface area contributed by atoms with Crippen molar-refractivity contribution in [3.8, 4) is 0 Å². The fraction of sp³-hybridized carbons (Fsp3) is 1.00. The Labute approximate surface area is 54.0 Å². The second-order valence-electron chi connectivity index (χ2n) is 1.22. The second-order valence-corrected chi connectivity index (χ2v) is 1.22. The molecule has 0 aromatic carbocycles. The van der Waals surface area contributed by atoms with Gasteiger partial charge >= 0.3 is 0 Å². The molecule has 0 radical (unpaired) electrons. The molecule has 0 atom stereocenters. The van der Waals surface area contributed by atoms with E-state index in [0.717, 1.165) is 12.8 Å². The molecule has 0 rings (SSSR count). The van der Waals surface area contributed by atoms with Gasteiger partial charge < -0.3 is 10.8 Å². The van der Waals surface area contributed by atoms with Crippen LogP contribution in [0.25, 0.3) is 0 Å². The molecule has 2 nitrogen and oxygen atoms in total. The van der Waals surface area contributed by atoms with Crippen LogP contribution in [0.3, 0.4) is 0 Å². The molecule has 0 saturated heterocycles. The van der Waals surface area contributed by atoms with Crippen molar-refractivity contribution in [2.24, 2.45) is 5.73 Å². The Bertz CT molecular complexity index is 23.7. The minimum absolute atomic E-state index is 0. The summed E-state index contributed by atoms with van der Waals surface area (Å²) in [4.78, 5) is 0. The van der Waals surface area contributed by atoms with E-state index < -0.39 is 0 Å². The van der Waals surface area contributed by atoms with Gasteiger partial charge in [-0.25, -0.2) is 0 Å². The van der Waals surface area contributed by atoms with Crippen molar-refractivity contribution in [2.45, 2.75) is 12.8 Å². The summed E-state index contributed by atoms with van der Waals surface area (Å²) in [7, 11) is 0. The van der Waals surface area contributed by atoms with Crippen molar-refractivity contribution in [1.82, 2.24) is 0 Å². The molecule has 0 aromatic heterocycles. The molecule has 0 heterocycles. The fourth-order valence-corrected chi connectivity index (χ4v) is 0.256. The molecule has 0 amide bonds. The smallest absolute Gasteiger partial charge is 0.0431 e. The van der Waals surface area contributed by atoms with Gasteiger partial charge in [0.05, 0.1) is 0 Å². The fourth-order valence-electron chi connectivity index (χ4n) is 0.256. The van der Waals surface area contributed by atoms with Crippen molar-refractivity contribution >= 4 is 0 Å². The van der Waals surface area contributed by atoms with Crippen molar-refractivity contribution in [3.63, 3.8) is 0 Å². The van der Waals surface area contributed by atoms with Gasteiger partial charge in [0, 0.05) is 23.1 Å². The van der Waals surface area contributed by atoms with E-state index >= 15 is 0 Å². The number of hydrogen-bond donors (Lipinski definition) is 2. The molecule has 7 heavy (non-hydrogen) atoms. The molecular weight excluding hydrogens is 137 g/mol. The summed E-state index contributed by atoms with van der Waals surface area (Å²) in [5.74, 6) is 0. The summed E-state index contributed by atoms with van der Waals surface area (Å²) < 4.78 is 0. The third kappa shape index (κ3) is 10.7. The molecule has 0 fully saturated rings. The van der Waals surface area contributed by atoms with Crippen LogP contribution in [-0.2, 0) is 16.5 Å². The Hall–Kier alpha value is 0.414. The van der Waals surface area contributed by atoms with Gasteiger partial charge in [0.25, 0.3) is 0 Å². The maximum atomic E-state index is 8.14. The van der Waals surface area contributed by atoms with Crippen molar-refractivity contribution < 1.29 is 21.6 Å². The topological polar surface area (TPSA) is 46.2 Å². The van der Waals surface area contributed by atoms with E-state index in [1.54, 1.807) is 0 Å². The summed E-state index contributed by atoms with van der Waals surface area (Å²) in [5, 5.41) is 8.14. The zero-order chi connectivity index (χ0) is 4.83.